The molecule has 0 saturated carbocycles. The SMILES string of the molecule is COC[C@@H](C)N(C)c1cncc(CN2C(=O)c3cccc(c3)S(=O)(=O)Nc3nc(cc(-c4c(C)cccc4C)n3)OC[C@H]2CC(C)(C)C)n1. The average Bonchev–Trinajstić information content (AvgIpc) is 3.04. The third kappa shape index (κ3) is 8.52. The second-order valence-corrected chi connectivity index (χ2v) is 15.4. The topological polar surface area (TPSA) is 140 Å². The number of fused-ring (bicyclic) bond motifs is 4. The number of sulfonamides is 1. The number of likely N-dealkylation sites (N-methyl/N-ethyl adjacent to an activating group) is 1. The maximum absolute atomic E-state index is 14.5. The summed E-state index contributed by atoms with van der Waals surface area (Å²) in [6.45, 7) is 13.0. The van der Waals surface area contributed by atoms with Crippen LogP contribution in [0.5, 0.6) is 5.88 Å². The molecule has 0 unspecified atom stereocenters. The lowest BCUT2D eigenvalue weighted by Gasteiger charge is -2.35. The summed E-state index contributed by atoms with van der Waals surface area (Å²) in [6, 6.07) is 13.2. The number of nitrogens with zero attached hydrogens (tertiary/aromatic N) is 6. The van der Waals surface area contributed by atoms with E-state index in [1.54, 1.807) is 42.6 Å². The maximum Gasteiger partial charge on any atom is 0.264 e. The molecule has 5 rings (SSSR count). The Bertz CT molecular complexity index is 1910. The molecule has 4 aromatic rings. The van der Waals surface area contributed by atoms with E-state index in [-0.39, 0.29) is 52.8 Å². The lowest BCUT2D eigenvalue weighted by molar-refractivity contribution is 0.0509. The van der Waals surface area contributed by atoms with Crippen LogP contribution < -0.4 is 14.4 Å². The summed E-state index contributed by atoms with van der Waals surface area (Å²) in [5, 5.41) is 0. The molecule has 1 aliphatic heterocycles. The molecule has 0 radical (unpaired) electrons. The maximum atomic E-state index is 14.5. The summed E-state index contributed by atoms with van der Waals surface area (Å²) in [4.78, 5) is 36.5. The van der Waals surface area contributed by atoms with Gasteiger partial charge in [0.15, 0.2) is 0 Å². The van der Waals surface area contributed by atoms with Crippen LogP contribution in [0.15, 0.2) is 65.8 Å². The van der Waals surface area contributed by atoms with E-state index in [2.05, 4.69) is 40.4 Å². The molecule has 2 atom stereocenters. The molecule has 4 bridgehead atoms. The number of aromatic nitrogens is 4. The van der Waals surface area contributed by atoms with Gasteiger partial charge in [-0.25, -0.2) is 23.1 Å². The van der Waals surface area contributed by atoms with Crippen LogP contribution in [0.1, 0.15) is 61.3 Å². The quantitative estimate of drug-likeness (QED) is 0.247. The third-order valence-electron chi connectivity index (χ3n) is 8.46. The van der Waals surface area contributed by atoms with Crippen molar-refractivity contribution in [1.29, 1.82) is 0 Å². The van der Waals surface area contributed by atoms with Crippen molar-refractivity contribution in [3.8, 4) is 17.1 Å². The van der Waals surface area contributed by atoms with Gasteiger partial charge in [0.25, 0.3) is 15.9 Å². The summed E-state index contributed by atoms with van der Waals surface area (Å²) >= 11 is 0. The van der Waals surface area contributed by atoms with Gasteiger partial charge >= 0.3 is 0 Å². The number of nitrogens with one attached hydrogen (secondary N) is 1. The molecule has 0 aliphatic carbocycles. The molecular formula is C36H45N7O5S. The summed E-state index contributed by atoms with van der Waals surface area (Å²) in [7, 11) is -0.620. The van der Waals surface area contributed by atoms with Crippen molar-refractivity contribution in [2.75, 3.05) is 37.0 Å². The minimum atomic E-state index is -4.19. The lowest BCUT2D eigenvalue weighted by atomic mass is 9.87. The molecule has 1 amide bonds. The minimum absolute atomic E-state index is 0.0354. The van der Waals surface area contributed by atoms with Crippen molar-refractivity contribution in [3.63, 3.8) is 0 Å². The number of ether oxygens (including phenoxy) is 2. The van der Waals surface area contributed by atoms with Crippen molar-refractivity contribution in [2.45, 2.75) is 71.5 Å². The Hall–Kier alpha value is -4.62. The van der Waals surface area contributed by atoms with Crippen molar-refractivity contribution < 1.29 is 22.7 Å². The van der Waals surface area contributed by atoms with Crippen molar-refractivity contribution >= 4 is 27.7 Å². The molecule has 2 aromatic carbocycles. The normalized spacial score (nSPS) is 16.8. The van der Waals surface area contributed by atoms with Gasteiger partial charge in [-0.1, -0.05) is 45.0 Å². The van der Waals surface area contributed by atoms with E-state index in [1.165, 1.54) is 12.1 Å². The summed E-state index contributed by atoms with van der Waals surface area (Å²) in [5.41, 5.74) is 3.87. The molecule has 2 aromatic heterocycles. The first-order valence-corrected chi connectivity index (χ1v) is 17.7. The average molecular weight is 688 g/mol. The Morgan fingerprint density at radius 2 is 1.78 bits per heavy atom. The fourth-order valence-electron chi connectivity index (χ4n) is 5.94. The number of carbonyl (C=O) groups is 1. The van der Waals surface area contributed by atoms with Crippen LogP contribution in [0.2, 0.25) is 0 Å². The van der Waals surface area contributed by atoms with Crippen LogP contribution >= 0.6 is 0 Å². The molecule has 1 aliphatic rings. The Labute approximate surface area is 289 Å². The highest BCUT2D eigenvalue weighted by molar-refractivity contribution is 7.92. The number of rotatable bonds is 8. The highest BCUT2D eigenvalue weighted by Crippen LogP contribution is 2.32. The van der Waals surface area contributed by atoms with E-state index < -0.39 is 16.1 Å². The lowest BCUT2D eigenvalue weighted by Crippen LogP contribution is -2.45. The van der Waals surface area contributed by atoms with Gasteiger partial charge in [0.1, 0.15) is 12.4 Å². The largest absolute Gasteiger partial charge is 0.475 e. The number of carbonyl (C=O) groups excluding carboxylic acids is 1. The van der Waals surface area contributed by atoms with Crippen LogP contribution in [0, 0.1) is 19.3 Å². The van der Waals surface area contributed by atoms with Crippen molar-refractivity contribution in [2.24, 2.45) is 5.41 Å². The Balaban J connectivity index is 1.64. The molecule has 0 fully saturated rings. The second kappa shape index (κ2) is 14.5. The standard InChI is InChI=1S/C36H45N7O5S/c1-23-11-9-12-24(2)33(23)30-16-32-40-35(39-30)41-49(45,46)29-14-10-13-26(15-29)34(44)43(28(22-48-32)17-36(4,5)6)20-27-18-37-19-31(38-27)42(7)25(3)21-47-8/h9-16,18-19,25,28H,17,20-22H2,1-8H3,(H,39,40,41)/t25-,28-/m1/s1. The summed E-state index contributed by atoms with van der Waals surface area (Å²) in [6.07, 6.45) is 3.88. The number of hydrogen-bond acceptors (Lipinski definition) is 10. The van der Waals surface area contributed by atoms with Gasteiger partial charge in [0, 0.05) is 31.4 Å². The van der Waals surface area contributed by atoms with Gasteiger partial charge < -0.3 is 19.3 Å². The zero-order valence-corrected chi connectivity index (χ0v) is 30.2. The number of anilines is 2. The fourth-order valence-corrected chi connectivity index (χ4v) is 6.93. The minimum Gasteiger partial charge on any atom is -0.475 e. The van der Waals surface area contributed by atoms with Crippen LogP contribution in [0.25, 0.3) is 11.3 Å². The van der Waals surface area contributed by atoms with Crippen molar-refractivity contribution in [1.82, 2.24) is 24.8 Å². The predicted molar refractivity (Wildman–Crippen MR) is 189 cm³/mol. The zero-order chi connectivity index (χ0) is 35.5. The number of aryl methyl sites for hydroxylation is 2. The monoisotopic (exact) mass is 687 g/mol. The van der Waals surface area contributed by atoms with Crippen LogP contribution in [0.3, 0.4) is 0 Å². The molecule has 260 valence electrons. The second-order valence-electron chi connectivity index (χ2n) is 13.8. The molecular weight excluding hydrogens is 643 g/mol. The molecule has 13 heteroatoms. The van der Waals surface area contributed by atoms with E-state index in [1.807, 2.05) is 50.9 Å². The summed E-state index contributed by atoms with van der Waals surface area (Å²) < 4.78 is 41.6. The zero-order valence-electron chi connectivity index (χ0n) is 29.4. The predicted octanol–water partition coefficient (Wildman–Crippen LogP) is 5.66. The highest BCUT2D eigenvalue weighted by Gasteiger charge is 2.32. The first kappa shape index (κ1) is 35.7. The van der Waals surface area contributed by atoms with Crippen LogP contribution in [0.4, 0.5) is 11.8 Å². The van der Waals surface area contributed by atoms with Crippen LogP contribution in [-0.4, -0.2) is 78.6 Å². The van der Waals surface area contributed by atoms with E-state index in [4.69, 9.17) is 14.5 Å². The third-order valence-corrected chi connectivity index (χ3v) is 9.79. The van der Waals surface area contributed by atoms with Gasteiger partial charge in [-0.05, 0) is 61.9 Å². The summed E-state index contributed by atoms with van der Waals surface area (Å²) in [5.74, 6) is 0.319. The Kier molecular flexibility index (Phi) is 10.5. The Morgan fingerprint density at radius 1 is 1.06 bits per heavy atom. The van der Waals surface area contributed by atoms with E-state index >= 15 is 0 Å². The smallest absolute Gasteiger partial charge is 0.264 e. The molecule has 1 N–H and O–H groups in total. The number of methoxy groups -OCH3 is 1. The number of amides is 1. The number of benzene rings is 2. The Morgan fingerprint density at radius 3 is 2.47 bits per heavy atom. The van der Waals surface area contributed by atoms with Gasteiger partial charge in [0.05, 0.1) is 53.9 Å². The first-order chi connectivity index (χ1) is 23.1. The fraction of sp³-hybridized carbons (Fsp3) is 0.417. The van der Waals surface area contributed by atoms with Gasteiger partial charge in [-0.2, -0.15) is 4.98 Å². The first-order valence-electron chi connectivity index (χ1n) is 16.2. The van der Waals surface area contributed by atoms with Gasteiger partial charge in [0.2, 0.25) is 11.8 Å². The van der Waals surface area contributed by atoms with E-state index in [9.17, 15) is 13.2 Å². The van der Waals surface area contributed by atoms with Gasteiger partial charge in [-0.15, -0.1) is 0 Å². The van der Waals surface area contributed by atoms with E-state index in [0.29, 0.717) is 30.2 Å². The van der Waals surface area contributed by atoms with Crippen LogP contribution in [-0.2, 0) is 21.3 Å². The molecule has 49 heavy (non-hydrogen) atoms. The van der Waals surface area contributed by atoms with Gasteiger partial charge in [-0.3, -0.25) is 9.78 Å². The highest BCUT2D eigenvalue weighted by atomic mass is 32.2. The molecule has 0 saturated heterocycles. The number of hydrogen-bond donors (Lipinski definition) is 1. The van der Waals surface area contributed by atoms with E-state index in [0.717, 1.165) is 16.7 Å². The molecule has 3 heterocycles. The molecule has 12 nitrogen and oxygen atoms in total. The van der Waals surface area contributed by atoms with Crippen molar-refractivity contribution in [3.05, 3.63) is 83.3 Å². The molecule has 0 spiro atoms.